The van der Waals surface area contributed by atoms with E-state index in [9.17, 15) is 0 Å². The van der Waals surface area contributed by atoms with Gasteiger partial charge in [-0.3, -0.25) is 0 Å². The Bertz CT molecular complexity index is 348. The molecule has 2 rings (SSSR count). The molecule has 1 heterocycles. The van der Waals surface area contributed by atoms with E-state index >= 15 is 0 Å². The number of rotatable bonds is 4. The summed E-state index contributed by atoms with van der Waals surface area (Å²) in [6, 6.07) is 1.73. The van der Waals surface area contributed by atoms with Crippen LogP contribution in [0.15, 0.2) is 12.3 Å². The quantitative estimate of drug-likeness (QED) is 0.822. The fourth-order valence-electron chi connectivity index (χ4n) is 1.22. The van der Waals surface area contributed by atoms with E-state index in [1.54, 1.807) is 12.3 Å². The molecule has 0 amide bonds. The van der Waals surface area contributed by atoms with Crippen molar-refractivity contribution in [3.8, 4) is 11.6 Å². The molecule has 0 aromatic carbocycles. The molecule has 1 aromatic heterocycles. The van der Waals surface area contributed by atoms with Crippen molar-refractivity contribution in [3.05, 3.63) is 12.3 Å². The van der Waals surface area contributed by atoms with Crippen molar-refractivity contribution in [3.63, 3.8) is 0 Å². The van der Waals surface area contributed by atoms with Gasteiger partial charge in [0.2, 0.25) is 5.75 Å². The lowest BCUT2D eigenvalue weighted by atomic mass is 10.3. The number of pyridine rings is 1. The van der Waals surface area contributed by atoms with Gasteiger partial charge < -0.3 is 15.2 Å². The Morgan fingerprint density at radius 1 is 1.47 bits per heavy atom. The van der Waals surface area contributed by atoms with Crippen molar-refractivity contribution >= 4 is 5.69 Å². The van der Waals surface area contributed by atoms with Gasteiger partial charge in [-0.2, -0.15) is 0 Å². The molecule has 1 aromatic rings. The normalized spacial score (nSPS) is 15.4. The van der Waals surface area contributed by atoms with Crippen molar-refractivity contribution in [2.24, 2.45) is 0 Å². The Balaban J connectivity index is 2.21. The summed E-state index contributed by atoms with van der Waals surface area (Å²) in [5.41, 5.74) is 6.42. The molecule has 4 nitrogen and oxygen atoms in total. The van der Waals surface area contributed by atoms with Gasteiger partial charge in [-0.1, -0.05) is 0 Å². The number of nitrogen functional groups attached to an aromatic ring is 1. The lowest BCUT2D eigenvalue weighted by Crippen LogP contribution is -2.10. The fourth-order valence-corrected chi connectivity index (χ4v) is 1.22. The Morgan fingerprint density at radius 2 is 2.20 bits per heavy atom. The first kappa shape index (κ1) is 10.1. The number of nitrogens with zero attached hydrogens (tertiary/aromatic N) is 1. The Morgan fingerprint density at radius 3 is 2.80 bits per heavy atom. The first-order valence-corrected chi connectivity index (χ1v) is 5.24. The molecule has 0 atom stereocenters. The summed E-state index contributed by atoms with van der Waals surface area (Å²) >= 11 is 0. The fraction of sp³-hybridized carbons (Fsp3) is 0.545. The molecule has 0 radical (unpaired) electrons. The average molecular weight is 208 g/mol. The number of hydrogen-bond donors (Lipinski definition) is 1. The molecule has 1 aliphatic rings. The van der Waals surface area contributed by atoms with Gasteiger partial charge in [-0.15, -0.1) is 0 Å². The zero-order valence-electron chi connectivity index (χ0n) is 9.06. The Hall–Kier alpha value is -1.45. The number of hydrogen-bond acceptors (Lipinski definition) is 4. The molecule has 0 aliphatic heterocycles. The van der Waals surface area contributed by atoms with Crippen molar-refractivity contribution in [1.29, 1.82) is 0 Å². The minimum absolute atomic E-state index is 0.0702. The van der Waals surface area contributed by atoms with Crippen molar-refractivity contribution in [1.82, 2.24) is 4.98 Å². The summed E-state index contributed by atoms with van der Waals surface area (Å²) < 4.78 is 11.2. The summed E-state index contributed by atoms with van der Waals surface area (Å²) in [6.07, 6.45) is 4.18. The standard InChI is InChI=1S/C11H16N2O2/c1-7(2)14-11-10(15-8-3-4-8)9(12)5-6-13-11/h5-8H,3-4H2,1-2H3,(H2,12,13). The largest absolute Gasteiger partial charge is 0.483 e. The third-order valence-electron chi connectivity index (χ3n) is 2.06. The van der Waals surface area contributed by atoms with Crippen LogP contribution in [0.1, 0.15) is 26.7 Å². The summed E-state index contributed by atoms with van der Waals surface area (Å²) in [4.78, 5) is 4.13. The highest BCUT2D eigenvalue weighted by Gasteiger charge is 2.26. The lowest BCUT2D eigenvalue weighted by molar-refractivity contribution is 0.209. The molecule has 4 heteroatoms. The van der Waals surface area contributed by atoms with Gasteiger partial charge in [0.25, 0.3) is 5.88 Å². The van der Waals surface area contributed by atoms with E-state index in [-0.39, 0.29) is 6.10 Å². The number of anilines is 1. The molecule has 82 valence electrons. The van der Waals surface area contributed by atoms with Crippen LogP contribution in [0.3, 0.4) is 0 Å². The molecule has 1 aliphatic carbocycles. The Labute approximate surface area is 89.4 Å². The molecule has 2 N–H and O–H groups in total. The van der Waals surface area contributed by atoms with Gasteiger partial charge in [0.05, 0.1) is 17.9 Å². The smallest absolute Gasteiger partial charge is 0.259 e. The lowest BCUT2D eigenvalue weighted by Gasteiger charge is -2.14. The third-order valence-corrected chi connectivity index (χ3v) is 2.06. The minimum atomic E-state index is 0.0702. The molecule has 0 saturated heterocycles. The van der Waals surface area contributed by atoms with Gasteiger partial charge in [-0.05, 0) is 32.8 Å². The van der Waals surface area contributed by atoms with Crippen molar-refractivity contribution in [2.75, 3.05) is 5.73 Å². The predicted molar refractivity (Wildman–Crippen MR) is 58.1 cm³/mol. The second kappa shape index (κ2) is 3.96. The summed E-state index contributed by atoms with van der Waals surface area (Å²) in [7, 11) is 0. The zero-order chi connectivity index (χ0) is 10.8. The molecule has 1 saturated carbocycles. The molecular formula is C11H16N2O2. The summed E-state index contributed by atoms with van der Waals surface area (Å²) in [6.45, 7) is 3.90. The van der Waals surface area contributed by atoms with Crippen LogP contribution in [0.5, 0.6) is 11.6 Å². The van der Waals surface area contributed by atoms with Crippen LogP contribution in [0.25, 0.3) is 0 Å². The highest BCUT2D eigenvalue weighted by Crippen LogP contribution is 2.36. The average Bonchev–Trinajstić information content (AvgIpc) is 2.94. The summed E-state index contributed by atoms with van der Waals surface area (Å²) in [5.74, 6) is 1.09. The first-order valence-electron chi connectivity index (χ1n) is 5.24. The van der Waals surface area contributed by atoms with Crippen molar-refractivity contribution < 1.29 is 9.47 Å². The van der Waals surface area contributed by atoms with Crippen LogP contribution in [0, 0.1) is 0 Å². The molecule has 0 unspecified atom stereocenters. The predicted octanol–water partition coefficient (Wildman–Crippen LogP) is 1.99. The number of aromatic nitrogens is 1. The molecule has 1 fully saturated rings. The van der Waals surface area contributed by atoms with Gasteiger partial charge in [0, 0.05) is 6.20 Å². The van der Waals surface area contributed by atoms with Crippen LogP contribution in [0.2, 0.25) is 0 Å². The molecular weight excluding hydrogens is 192 g/mol. The van der Waals surface area contributed by atoms with Crippen LogP contribution >= 0.6 is 0 Å². The molecule has 0 spiro atoms. The number of nitrogens with two attached hydrogens (primary N) is 1. The summed E-state index contributed by atoms with van der Waals surface area (Å²) in [5, 5.41) is 0. The SMILES string of the molecule is CC(C)Oc1nccc(N)c1OC1CC1. The van der Waals surface area contributed by atoms with E-state index in [4.69, 9.17) is 15.2 Å². The van der Waals surface area contributed by atoms with E-state index in [2.05, 4.69) is 4.98 Å². The third kappa shape index (κ3) is 2.52. The molecule has 15 heavy (non-hydrogen) atoms. The van der Waals surface area contributed by atoms with Crippen molar-refractivity contribution in [2.45, 2.75) is 38.9 Å². The van der Waals surface area contributed by atoms with Gasteiger partial charge in [0.1, 0.15) is 0 Å². The van der Waals surface area contributed by atoms with Gasteiger partial charge >= 0.3 is 0 Å². The van der Waals surface area contributed by atoms with Crippen LogP contribution in [-0.4, -0.2) is 17.2 Å². The van der Waals surface area contributed by atoms with E-state index in [1.807, 2.05) is 13.8 Å². The maximum Gasteiger partial charge on any atom is 0.259 e. The van der Waals surface area contributed by atoms with Gasteiger partial charge in [-0.25, -0.2) is 4.98 Å². The monoisotopic (exact) mass is 208 g/mol. The highest BCUT2D eigenvalue weighted by atomic mass is 16.5. The first-order chi connectivity index (χ1) is 7.16. The van der Waals surface area contributed by atoms with Gasteiger partial charge in [0.15, 0.2) is 0 Å². The Kier molecular flexibility index (Phi) is 2.66. The maximum atomic E-state index is 5.83. The van der Waals surface area contributed by atoms with Crippen LogP contribution in [-0.2, 0) is 0 Å². The topological polar surface area (TPSA) is 57.4 Å². The van der Waals surface area contributed by atoms with E-state index in [0.29, 0.717) is 23.4 Å². The highest BCUT2D eigenvalue weighted by molar-refractivity contribution is 5.57. The van der Waals surface area contributed by atoms with E-state index < -0.39 is 0 Å². The maximum absolute atomic E-state index is 5.83. The second-order valence-corrected chi connectivity index (χ2v) is 4.02. The van der Waals surface area contributed by atoms with Crippen LogP contribution in [0.4, 0.5) is 5.69 Å². The van der Waals surface area contributed by atoms with Crippen LogP contribution < -0.4 is 15.2 Å². The number of ether oxygens (including phenoxy) is 2. The van der Waals surface area contributed by atoms with E-state index in [0.717, 1.165) is 12.8 Å². The molecule has 0 bridgehead atoms. The second-order valence-electron chi connectivity index (χ2n) is 4.02. The minimum Gasteiger partial charge on any atom is -0.483 e. The zero-order valence-corrected chi connectivity index (χ0v) is 9.06. The van der Waals surface area contributed by atoms with E-state index in [1.165, 1.54) is 0 Å².